The summed E-state index contributed by atoms with van der Waals surface area (Å²) in [7, 11) is 0. The third-order valence-corrected chi connectivity index (χ3v) is 1.47. The van der Waals surface area contributed by atoms with E-state index in [1.165, 1.54) is 0 Å². The molecular weight excluding hydrogens is 356 g/mol. The standard InChI is InChI=1S/C6H8O7.C2H2O4.C2H4O2.2H3N/c7-3(8)1-6(13,5(11)12)2-4(9)10;3-1(4)2(5)6;1-2(3)4;;/h13H,1-2H2,(H,7,8)(H,9,10)(H,11,12);(H,3,4)(H,5,6);1H3,(H,3,4);2*1H3. The Morgan fingerprint density at radius 2 is 0.880 bits per heavy atom. The summed E-state index contributed by atoms with van der Waals surface area (Å²) in [6.07, 6.45) is -2.29. The molecule has 15 heteroatoms. The molecule has 0 aliphatic carbocycles. The highest BCUT2D eigenvalue weighted by Crippen LogP contribution is 2.15. The molecule has 0 fully saturated rings. The zero-order chi connectivity index (χ0) is 19.4. The Labute approximate surface area is 139 Å². The van der Waals surface area contributed by atoms with Crippen molar-refractivity contribution >= 4 is 35.8 Å². The molecule has 0 aromatic carbocycles. The Bertz CT molecular complexity index is 455. The lowest BCUT2D eigenvalue weighted by Crippen LogP contribution is -2.42. The van der Waals surface area contributed by atoms with Crippen molar-refractivity contribution in [2.45, 2.75) is 25.4 Å². The lowest BCUT2D eigenvalue weighted by molar-refractivity contribution is -0.170. The summed E-state index contributed by atoms with van der Waals surface area (Å²) < 4.78 is 0. The van der Waals surface area contributed by atoms with Gasteiger partial charge in [-0.1, -0.05) is 0 Å². The smallest absolute Gasteiger partial charge is 0.414 e. The highest BCUT2D eigenvalue weighted by atomic mass is 16.4. The number of aliphatic hydroxyl groups is 1. The first-order valence-electron chi connectivity index (χ1n) is 5.20. The van der Waals surface area contributed by atoms with E-state index in [0.717, 1.165) is 6.92 Å². The second-order valence-corrected chi connectivity index (χ2v) is 3.61. The third-order valence-electron chi connectivity index (χ3n) is 1.47. The first-order chi connectivity index (χ1) is 10.2. The van der Waals surface area contributed by atoms with Gasteiger partial charge in [0.2, 0.25) is 0 Å². The van der Waals surface area contributed by atoms with Crippen LogP contribution in [0.4, 0.5) is 0 Å². The van der Waals surface area contributed by atoms with E-state index in [1.54, 1.807) is 0 Å². The summed E-state index contributed by atoms with van der Waals surface area (Å²) in [5.41, 5.74) is -2.74. The molecule has 0 rings (SSSR count). The maximum Gasteiger partial charge on any atom is 0.414 e. The quantitative estimate of drug-likeness (QED) is 0.242. The summed E-state index contributed by atoms with van der Waals surface area (Å²) in [5.74, 6) is -9.50. The molecule has 13 N–H and O–H groups in total. The molecule has 0 aromatic heterocycles. The number of hydrogen-bond acceptors (Lipinski definition) is 9. The van der Waals surface area contributed by atoms with E-state index in [1.807, 2.05) is 0 Å². The maximum atomic E-state index is 10.3. The van der Waals surface area contributed by atoms with Crippen LogP contribution in [-0.2, 0) is 28.8 Å². The van der Waals surface area contributed by atoms with Gasteiger partial charge in [-0.3, -0.25) is 14.4 Å². The van der Waals surface area contributed by atoms with Gasteiger partial charge in [-0.2, -0.15) is 0 Å². The molecular formula is C10H20N2O13. The fourth-order valence-electron chi connectivity index (χ4n) is 0.714. The van der Waals surface area contributed by atoms with Crippen LogP contribution in [0.1, 0.15) is 19.8 Å². The predicted molar refractivity (Wildman–Crippen MR) is 75.7 cm³/mol. The Kier molecular flexibility index (Phi) is 20.8. The van der Waals surface area contributed by atoms with Crippen LogP contribution in [0.25, 0.3) is 0 Å². The third kappa shape index (κ3) is 26.0. The van der Waals surface area contributed by atoms with E-state index in [4.69, 9.17) is 50.1 Å². The Balaban J connectivity index is -0.0000000937. The molecule has 0 radical (unpaired) electrons. The van der Waals surface area contributed by atoms with E-state index in [2.05, 4.69) is 0 Å². The fraction of sp³-hybridized carbons (Fsp3) is 0.400. The maximum absolute atomic E-state index is 10.3. The Morgan fingerprint density at radius 1 is 0.680 bits per heavy atom. The normalized spacial score (nSPS) is 8.40. The van der Waals surface area contributed by atoms with E-state index in [0.29, 0.717) is 0 Å². The molecule has 0 saturated carbocycles. The monoisotopic (exact) mass is 376 g/mol. The molecule has 0 amide bonds. The number of carboxylic acids is 6. The molecule has 25 heavy (non-hydrogen) atoms. The van der Waals surface area contributed by atoms with Crippen LogP contribution >= 0.6 is 0 Å². The van der Waals surface area contributed by atoms with Crippen molar-refractivity contribution in [2.75, 3.05) is 0 Å². The van der Waals surface area contributed by atoms with Crippen LogP contribution in [0.3, 0.4) is 0 Å². The van der Waals surface area contributed by atoms with Crippen LogP contribution in [0, 0.1) is 0 Å². The molecule has 0 atom stereocenters. The van der Waals surface area contributed by atoms with Crippen LogP contribution in [-0.4, -0.2) is 77.2 Å². The van der Waals surface area contributed by atoms with Crippen LogP contribution in [0.5, 0.6) is 0 Å². The molecule has 0 aromatic rings. The van der Waals surface area contributed by atoms with E-state index in [9.17, 15) is 14.4 Å². The van der Waals surface area contributed by atoms with Gasteiger partial charge in [-0.15, -0.1) is 0 Å². The summed E-state index contributed by atoms with van der Waals surface area (Å²) in [4.78, 5) is 57.7. The van der Waals surface area contributed by atoms with Crippen LogP contribution in [0.15, 0.2) is 0 Å². The fourth-order valence-corrected chi connectivity index (χ4v) is 0.714. The highest BCUT2D eigenvalue weighted by molar-refractivity contribution is 6.27. The van der Waals surface area contributed by atoms with Crippen molar-refractivity contribution < 1.29 is 64.5 Å². The van der Waals surface area contributed by atoms with Crippen molar-refractivity contribution in [2.24, 2.45) is 0 Å². The molecule has 0 aliphatic rings. The van der Waals surface area contributed by atoms with Crippen molar-refractivity contribution in [3.63, 3.8) is 0 Å². The molecule has 0 spiro atoms. The van der Waals surface area contributed by atoms with Gasteiger partial charge in [0.1, 0.15) is 0 Å². The lowest BCUT2D eigenvalue weighted by Gasteiger charge is -2.18. The average molecular weight is 376 g/mol. The summed E-state index contributed by atoms with van der Waals surface area (Å²) >= 11 is 0. The minimum atomic E-state index is -2.74. The number of hydrogen-bond donors (Lipinski definition) is 9. The number of aliphatic carboxylic acids is 6. The molecule has 0 aliphatic heterocycles. The zero-order valence-corrected chi connectivity index (χ0v) is 12.9. The Morgan fingerprint density at radius 3 is 0.960 bits per heavy atom. The van der Waals surface area contributed by atoms with Gasteiger partial charge in [0.25, 0.3) is 5.97 Å². The van der Waals surface area contributed by atoms with Crippen LogP contribution < -0.4 is 12.3 Å². The first-order valence-corrected chi connectivity index (χ1v) is 5.20. The number of carbonyl (C=O) groups is 6. The van der Waals surface area contributed by atoms with Gasteiger partial charge >= 0.3 is 29.8 Å². The average Bonchev–Trinajstić information content (AvgIpc) is 2.25. The first kappa shape index (κ1) is 33.3. The minimum Gasteiger partial charge on any atom is -0.481 e. The van der Waals surface area contributed by atoms with E-state index >= 15 is 0 Å². The predicted octanol–water partition coefficient (Wildman–Crippen LogP) is -1.68. The molecule has 15 nitrogen and oxygen atoms in total. The molecule has 0 bridgehead atoms. The topological polar surface area (TPSA) is 314 Å². The molecule has 0 heterocycles. The molecule has 0 unspecified atom stereocenters. The summed E-state index contributed by atoms with van der Waals surface area (Å²) in [6.45, 7) is 1.08. The van der Waals surface area contributed by atoms with Gasteiger partial charge in [0.05, 0.1) is 12.8 Å². The van der Waals surface area contributed by atoms with Crippen LogP contribution in [0.2, 0.25) is 0 Å². The second kappa shape index (κ2) is 15.6. The van der Waals surface area contributed by atoms with Crippen molar-refractivity contribution in [1.29, 1.82) is 0 Å². The highest BCUT2D eigenvalue weighted by Gasteiger charge is 2.40. The van der Waals surface area contributed by atoms with Gasteiger partial charge in [-0.05, 0) is 0 Å². The van der Waals surface area contributed by atoms with E-state index < -0.39 is 54.3 Å². The largest absolute Gasteiger partial charge is 0.481 e. The minimum absolute atomic E-state index is 0. The zero-order valence-electron chi connectivity index (χ0n) is 12.9. The van der Waals surface area contributed by atoms with Gasteiger partial charge in [-0.25, -0.2) is 14.4 Å². The second-order valence-electron chi connectivity index (χ2n) is 3.61. The van der Waals surface area contributed by atoms with E-state index in [-0.39, 0.29) is 12.3 Å². The van der Waals surface area contributed by atoms with Crippen molar-refractivity contribution in [1.82, 2.24) is 12.3 Å². The summed E-state index contributed by atoms with van der Waals surface area (Å²) in [5, 5.41) is 56.0. The van der Waals surface area contributed by atoms with Gasteiger partial charge < -0.3 is 48.0 Å². The number of carboxylic acid groups (broad SMARTS) is 6. The Hall–Kier alpha value is -3.30. The van der Waals surface area contributed by atoms with Crippen molar-refractivity contribution in [3.8, 4) is 0 Å². The number of rotatable bonds is 5. The SMILES string of the molecule is CC(=O)O.N.N.O=C(O)C(=O)O.O=C(O)CC(O)(CC(=O)O)C(=O)O. The summed E-state index contributed by atoms with van der Waals surface area (Å²) in [6, 6.07) is 0. The lowest BCUT2D eigenvalue weighted by atomic mass is 9.96. The van der Waals surface area contributed by atoms with Gasteiger partial charge in [0.15, 0.2) is 5.60 Å². The van der Waals surface area contributed by atoms with Gasteiger partial charge in [0, 0.05) is 6.92 Å². The molecule has 148 valence electrons. The van der Waals surface area contributed by atoms with Crippen molar-refractivity contribution in [3.05, 3.63) is 0 Å². The molecule has 0 saturated heterocycles.